The summed E-state index contributed by atoms with van der Waals surface area (Å²) < 4.78 is 5.18. The molecule has 1 unspecified atom stereocenters. The Balaban J connectivity index is 2.11. The molecule has 0 aliphatic carbocycles. The molecule has 1 aliphatic rings. The summed E-state index contributed by atoms with van der Waals surface area (Å²) >= 11 is 1.24. The summed E-state index contributed by atoms with van der Waals surface area (Å²) in [5, 5.41) is 10.0. The summed E-state index contributed by atoms with van der Waals surface area (Å²) in [5.74, 6) is 0. The van der Waals surface area contributed by atoms with E-state index >= 15 is 0 Å². The Hall–Kier alpha value is -0.820. The molecule has 1 atom stereocenters. The number of aliphatic hydroxyl groups excluding tert-OH is 1. The van der Waals surface area contributed by atoms with Crippen molar-refractivity contribution in [1.29, 1.82) is 0 Å². The molecule has 0 bridgehead atoms. The average molecular weight is 228 g/mol. The van der Waals surface area contributed by atoms with Crippen LogP contribution in [0.4, 0.5) is 0 Å². The van der Waals surface area contributed by atoms with Crippen LogP contribution in [0.25, 0.3) is 0 Å². The predicted octanol–water partition coefficient (Wildman–Crippen LogP) is 0.279. The number of aldehydes is 1. The molecular formula is C9H12N2O3S. The lowest BCUT2D eigenvalue weighted by molar-refractivity contribution is -0.0621. The summed E-state index contributed by atoms with van der Waals surface area (Å²) in [7, 11) is 0. The van der Waals surface area contributed by atoms with Gasteiger partial charge in [0.2, 0.25) is 0 Å². The lowest BCUT2D eigenvalue weighted by Crippen LogP contribution is -2.39. The van der Waals surface area contributed by atoms with E-state index in [9.17, 15) is 9.90 Å². The van der Waals surface area contributed by atoms with Crippen molar-refractivity contribution in [2.24, 2.45) is 0 Å². The molecule has 0 aromatic carbocycles. The van der Waals surface area contributed by atoms with E-state index in [0.717, 1.165) is 6.29 Å². The van der Waals surface area contributed by atoms with Crippen LogP contribution in [0.15, 0.2) is 5.51 Å². The Morgan fingerprint density at radius 2 is 2.33 bits per heavy atom. The van der Waals surface area contributed by atoms with Crippen molar-refractivity contribution >= 4 is 17.6 Å². The number of morpholine rings is 1. The largest absolute Gasteiger partial charge is 0.379 e. The van der Waals surface area contributed by atoms with Gasteiger partial charge in [-0.3, -0.25) is 9.69 Å². The Morgan fingerprint density at radius 3 is 3.00 bits per heavy atom. The van der Waals surface area contributed by atoms with Gasteiger partial charge in [-0.1, -0.05) is 0 Å². The Kier molecular flexibility index (Phi) is 3.42. The first-order chi connectivity index (χ1) is 7.33. The third kappa shape index (κ3) is 2.23. The summed E-state index contributed by atoms with van der Waals surface area (Å²) in [6.07, 6.45) is -0.0585. The number of ether oxygens (including phenoxy) is 1. The van der Waals surface area contributed by atoms with Crippen LogP contribution in [0.5, 0.6) is 0 Å². The smallest absolute Gasteiger partial charge is 0.162 e. The zero-order valence-electron chi connectivity index (χ0n) is 8.13. The zero-order valence-corrected chi connectivity index (χ0v) is 8.94. The van der Waals surface area contributed by atoms with E-state index in [4.69, 9.17) is 4.74 Å². The molecule has 1 aliphatic heterocycles. The van der Waals surface area contributed by atoms with Crippen LogP contribution in [0.2, 0.25) is 0 Å². The zero-order chi connectivity index (χ0) is 10.7. The van der Waals surface area contributed by atoms with Gasteiger partial charge in [0.1, 0.15) is 5.69 Å². The third-order valence-corrected chi connectivity index (χ3v) is 3.14. The minimum absolute atomic E-state index is 0.455. The molecule has 0 spiro atoms. The molecule has 6 heteroatoms. The molecule has 1 aromatic heterocycles. The Labute approximate surface area is 91.3 Å². The highest BCUT2D eigenvalue weighted by atomic mass is 32.1. The third-order valence-electron chi connectivity index (χ3n) is 2.37. The molecule has 1 aromatic rings. The van der Waals surface area contributed by atoms with Gasteiger partial charge in [0.15, 0.2) is 12.5 Å². The highest BCUT2D eigenvalue weighted by molar-refractivity contribution is 7.11. The molecule has 15 heavy (non-hydrogen) atoms. The molecule has 1 N–H and O–H groups in total. The van der Waals surface area contributed by atoms with Crippen LogP contribution in [-0.2, 0) is 4.74 Å². The molecule has 1 saturated heterocycles. The van der Waals surface area contributed by atoms with Crippen LogP contribution >= 0.6 is 11.3 Å². The SMILES string of the molecule is O=Cc1scnc1C(O)N1CCOCC1. The first-order valence-corrected chi connectivity index (χ1v) is 5.59. The summed E-state index contributed by atoms with van der Waals surface area (Å²) in [6, 6.07) is 0. The van der Waals surface area contributed by atoms with Gasteiger partial charge in [-0.15, -0.1) is 11.3 Å². The van der Waals surface area contributed by atoms with Gasteiger partial charge in [-0.2, -0.15) is 0 Å². The summed E-state index contributed by atoms with van der Waals surface area (Å²) in [5.41, 5.74) is 2.03. The van der Waals surface area contributed by atoms with Gasteiger partial charge in [-0.25, -0.2) is 4.98 Å². The van der Waals surface area contributed by atoms with E-state index in [1.165, 1.54) is 11.3 Å². The van der Waals surface area contributed by atoms with Crippen molar-refractivity contribution in [2.75, 3.05) is 26.3 Å². The Bertz CT molecular complexity index is 336. The Morgan fingerprint density at radius 1 is 1.60 bits per heavy atom. The lowest BCUT2D eigenvalue weighted by Gasteiger charge is -2.30. The van der Waals surface area contributed by atoms with Crippen LogP contribution in [0.1, 0.15) is 21.6 Å². The summed E-state index contributed by atoms with van der Waals surface area (Å²) in [6.45, 7) is 2.54. The number of aliphatic hydroxyl groups is 1. The normalized spacial score (nSPS) is 20.1. The second-order valence-electron chi connectivity index (χ2n) is 3.24. The monoisotopic (exact) mass is 228 g/mol. The van der Waals surface area contributed by atoms with Crippen molar-refractivity contribution < 1.29 is 14.6 Å². The number of rotatable bonds is 3. The van der Waals surface area contributed by atoms with E-state index in [0.29, 0.717) is 36.9 Å². The first kappa shape index (κ1) is 10.7. The molecule has 2 rings (SSSR count). The number of carbonyl (C=O) groups excluding carboxylic acids is 1. The van der Waals surface area contributed by atoms with Gasteiger partial charge >= 0.3 is 0 Å². The molecule has 1 fully saturated rings. The number of hydrogen-bond donors (Lipinski definition) is 1. The van der Waals surface area contributed by atoms with E-state index < -0.39 is 6.23 Å². The van der Waals surface area contributed by atoms with E-state index in [1.54, 1.807) is 5.51 Å². The quantitative estimate of drug-likeness (QED) is 0.753. The standard InChI is InChI=1S/C9H12N2O3S/c12-5-7-8(10-6-15-7)9(13)11-1-3-14-4-2-11/h5-6,9,13H,1-4H2. The number of carbonyl (C=O) groups is 1. The number of hydrogen-bond acceptors (Lipinski definition) is 6. The molecule has 0 amide bonds. The average Bonchev–Trinajstić information content (AvgIpc) is 2.77. The molecule has 5 nitrogen and oxygen atoms in total. The van der Waals surface area contributed by atoms with Gasteiger partial charge in [0.05, 0.1) is 23.6 Å². The van der Waals surface area contributed by atoms with Gasteiger partial charge in [0, 0.05) is 13.1 Å². The second-order valence-corrected chi connectivity index (χ2v) is 4.13. The fraction of sp³-hybridized carbons (Fsp3) is 0.556. The van der Waals surface area contributed by atoms with Crippen LogP contribution in [0.3, 0.4) is 0 Å². The van der Waals surface area contributed by atoms with Gasteiger partial charge in [-0.05, 0) is 0 Å². The highest BCUT2D eigenvalue weighted by Crippen LogP contribution is 2.22. The number of thiazole rings is 1. The second kappa shape index (κ2) is 4.80. The van der Waals surface area contributed by atoms with Crippen LogP contribution in [0, 0.1) is 0 Å². The van der Waals surface area contributed by atoms with Crippen LogP contribution in [-0.4, -0.2) is 47.6 Å². The van der Waals surface area contributed by atoms with Gasteiger partial charge < -0.3 is 9.84 Å². The number of nitrogens with zero attached hydrogens (tertiary/aromatic N) is 2. The van der Waals surface area contributed by atoms with E-state index in [1.807, 2.05) is 4.90 Å². The van der Waals surface area contributed by atoms with Crippen molar-refractivity contribution in [2.45, 2.75) is 6.23 Å². The van der Waals surface area contributed by atoms with E-state index in [2.05, 4.69) is 4.98 Å². The molecule has 0 saturated carbocycles. The van der Waals surface area contributed by atoms with Gasteiger partial charge in [0.25, 0.3) is 0 Å². The maximum atomic E-state index is 10.7. The molecular weight excluding hydrogens is 216 g/mol. The maximum absolute atomic E-state index is 10.7. The number of aromatic nitrogens is 1. The van der Waals surface area contributed by atoms with E-state index in [-0.39, 0.29) is 0 Å². The fourth-order valence-corrected chi connectivity index (χ4v) is 2.16. The minimum Gasteiger partial charge on any atom is -0.379 e. The van der Waals surface area contributed by atoms with Crippen molar-refractivity contribution in [3.63, 3.8) is 0 Å². The fourth-order valence-electron chi connectivity index (χ4n) is 1.54. The predicted molar refractivity (Wildman–Crippen MR) is 54.9 cm³/mol. The minimum atomic E-state index is -0.791. The lowest BCUT2D eigenvalue weighted by atomic mass is 10.3. The topological polar surface area (TPSA) is 62.7 Å². The molecule has 2 heterocycles. The molecule has 82 valence electrons. The summed E-state index contributed by atoms with van der Waals surface area (Å²) in [4.78, 5) is 17.1. The van der Waals surface area contributed by atoms with Crippen LogP contribution < -0.4 is 0 Å². The van der Waals surface area contributed by atoms with Crippen molar-refractivity contribution in [3.05, 3.63) is 16.1 Å². The molecule has 0 radical (unpaired) electrons. The maximum Gasteiger partial charge on any atom is 0.162 e. The first-order valence-electron chi connectivity index (χ1n) is 4.71. The van der Waals surface area contributed by atoms with Crippen molar-refractivity contribution in [3.8, 4) is 0 Å². The highest BCUT2D eigenvalue weighted by Gasteiger charge is 2.24. The van der Waals surface area contributed by atoms with Crippen molar-refractivity contribution in [1.82, 2.24) is 9.88 Å².